The van der Waals surface area contributed by atoms with Crippen molar-refractivity contribution in [3.63, 3.8) is 0 Å². The average Bonchev–Trinajstić information content (AvgIpc) is 3.09. The zero-order chi connectivity index (χ0) is 19.7. The predicted molar refractivity (Wildman–Crippen MR) is 98.8 cm³/mol. The first-order valence-electron chi connectivity index (χ1n) is 8.40. The minimum Gasteiger partial charge on any atom is -0.465 e. The molecule has 4 rings (SSSR count). The third-order valence-corrected chi connectivity index (χ3v) is 4.15. The molecule has 0 saturated heterocycles. The summed E-state index contributed by atoms with van der Waals surface area (Å²) in [6, 6.07) is 14.2. The number of esters is 1. The second-order valence-electron chi connectivity index (χ2n) is 6.00. The molecule has 0 saturated carbocycles. The maximum absolute atomic E-state index is 13.9. The number of rotatable bonds is 4. The summed E-state index contributed by atoms with van der Waals surface area (Å²) in [7, 11) is 1.31. The summed E-state index contributed by atoms with van der Waals surface area (Å²) in [5, 5.41) is 12.3. The van der Waals surface area contributed by atoms with Gasteiger partial charge in [-0.1, -0.05) is 12.1 Å². The molecule has 8 heteroatoms. The SMILES string of the molecule is COC(=O)c1cccc(-c2cc(F)ccc2Oc2ccc3nnc(C)n3n2)c1. The number of carbonyl (C=O) groups is 1. The van der Waals surface area contributed by atoms with Crippen molar-refractivity contribution < 1.29 is 18.7 Å². The van der Waals surface area contributed by atoms with E-state index in [9.17, 15) is 9.18 Å². The molecule has 0 aliphatic carbocycles. The van der Waals surface area contributed by atoms with Crippen molar-refractivity contribution in [2.45, 2.75) is 6.92 Å². The molecular weight excluding hydrogens is 363 g/mol. The Hall–Kier alpha value is -3.81. The minimum absolute atomic E-state index is 0.299. The monoisotopic (exact) mass is 378 g/mol. The number of ether oxygens (including phenoxy) is 2. The van der Waals surface area contributed by atoms with Crippen LogP contribution in [0.4, 0.5) is 4.39 Å². The molecule has 0 amide bonds. The van der Waals surface area contributed by atoms with Gasteiger partial charge in [-0.25, -0.2) is 9.18 Å². The molecule has 0 aliphatic heterocycles. The number of carbonyl (C=O) groups excluding carboxylic acids is 1. The summed E-state index contributed by atoms with van der Waals surface area (Å²) < 4.78 is 26.1. The van der Waals surface area contributed by atoms with E-state index in [0.717, 1.165) is 0 Å². The fourth-order valence-electron chi connectivity index (χ4n) is 2.79. The van der Waals surface area contributed by atoms with E-state index in [0.29, 0.717) is 39.8 Å². The summed E-state index contributed by atoms with van der Waals surface area (Å²) in [6.45, 7) is 1.78. The number of halogens is 1. The summed E-state index contributed by atoms with van der Waals surface area (Å²) in [6.07, 6.45) is 0. The van der Waals surface area contributed by atoms with Crippen LogP contribution in [0, 0.1) is 12.7 Å². The van der Waals surface area contributed by atoms with Crippen LogP contribution in [0.1, 0.15) is 16.2 Å². The summed E-state index contributed by atoms with van der Waals surface area (Å²) in [5.74, 6) is 0.402. The minimum atomic E-state index is -0.476. The molecular formula is C20H15FN4O3. The van der Waals surface area contributed by atoms with Crippen molar-refractivity contribution in [2.75, 3.05) is 7.11 Å². The quantitative estimate of drug-likeness (QED) is 0.503. The molecule has 0 aliphatic rings. The molecule has 0 N–H and O–H groups in total. The first-order chi connectivity index (χ1) is 13.5. The first kappa shape index (κ1) is 17.6. The van der Waals surface area contributed by atoms with Crippen LogP contribution in [0.5, 0.6) is 11.6 Å². The second kappa shape index (κ2) is 7.07. The molecule has 2 heterocycles. The molecule has 28 heavy (non-hydrogen) atoms. The van der Waals surface area contributed by atoms with Gasteiger partial charge < -0.3 is 9.47 Å². The van der Waals surface area contributed by atoms with Gasteiger partial charge in [0, 0.05) is 11.6 Å². The maximum atomic E-state index is 13.9. The summed E-state index contributed by atoms with van der Waals surface area (Å²) in [5.41, 5.74) is 2.04. The fraction of sp³-hybridized carbons (Fsp3) is 0.100. The Bertz CT molecular complexity index is 1190. The smallest absolute Gasteiger partial charge is 0.337 e. The zero-order valence-corrected chi connectivity index (χ0v) is 15.1. The average molecular weight is 378 g/mol. The van der Waals surface area contributed by atoms with Crippen LogP contribution in [0.25, 0.3) is 16.8 Å². The van der Waals surface area contributed by atoms with Crippen molar-refractivity contribution in [3.05, 3.63) is 71.8 Å². The van der Waals surface area contributed by atoms with E-state index in [1.807, 2.05) is 0 Å². The van der Waals surface area contributed by atoms with Crippen molar-refractivity contribution in [1.82, 2.24) is 19.8 Å². The molecule has 2 aromatic heterocycles. The topological polar surface area (TPSA) is 78.6 Å². The number of nitrogens with zero attached hydrogens (tertiary/aromatic N) is 4. The first-order valence-corrected chi connectivity index (χ1v) is 8.40. The van der Waals surface area contributed by atoms with Crippen LogP contribution in [-0.2, 0) is 4.74 Å². The molecule has 0 fully saturated rings. The Balaban J connectivity index is 1.76. The number of aromatic nitrogens is 4. The van der Waals surface area contributed by atoms with Gasteiger partial charge in [-0.15, -0.1) is 15.3 Å². The molecule has 140 valence electrons. The number of aryl methyl sites for hydroxylation is 1. The van der Waals surface area contributed by atoms with E-state index in [4.69, 9.17) is 9.47 Å². The van der Waals surface area contributed by atoms with Gasteiger partial charge in [-0.3, -0.25) is 0 Å². The van der Waals surface area contributed by atoms with Gasteiger partial charge in [-0.2, -0.15) is 4.52 Å². The lowest BCUT2D eigenvalue weighted by molar-refractivity contribution is 0.0601. The molecule has 0 spiro atoms. The lowest BCUT2D eigenvalue weighted by atomic mass is 10.0. The molecule has 2 aromatic carbocycles. The van der Waals surface area contributed by atoms with Gasteiger partial charge in [0.25, 0.3) is 0 Å². The van der Waals surface area contributed by atoms with Crippen molar-refractivity contribution >= 4 is 11.6 Å². The van der Waals surface area contributed by atoms with Crippen molar-refractivity contribution in [2.24, 2.45) is 0 Å². The summed E-state index contributed by atoms with van der Waals surface area (Å²) in [4.78, 5) is 11.8. The largest absolute Gasteiger partial charge is 0.465 e. The van der Waals surface area contributed by atoms with E-state index in [1.165, 1.54) is 25.3 Å². The van der Waals surface area contributed by atoms with Gasteiger partial charge in [0.15, 0.2) is 11.5 Å². The summed E-state index contributed by atoms with van der Waals surface area (Å²) >= 11 is 0. The molecule has 0 atom stereocenters. The van der Waals surface area contributed by atoms with Gasteiger partial charge >= 0.3 is 5.97 Å². The van der Waals surface area contributed by atoms with Crippen LogP contribution >= 0.6 is 0 Å². The molecule has 0 radical (unpaired) electrons. The molecule has 4 aromatic rings. The van der Waals surface area contributed by atoms with Crippen LogP contribution in [0.2, 0.25) is 0 Å². The van der Waals surface area contributed by atoms with Crippen LogP contribution in [0.15, 0.2) is 54.6 Å². The number of hydrogen-bond donors (Lipinski definition) is 0. The van der Waals surface area contributed by atoms with E-state index in [2.05, 4.69) is 15.3 Å². The number of fused-ring (bicyclic) bond motifs is 1. The normalized spacial score (nSPS) is 10.8. The Morgan fingerprint density at radius 1 is 1.07 bits per heavy atom. The lowest BCUT2D eigenvalue weighted by Crippen LogP contribution is -2.01. The standard InChI is InChI=1S/C20H15FN4O3/c1-12-22-23-18-8-9-19(24-25(12)18)28-17-7-6-15(21)11-16(17)13-4-3-5-14(10-13)20(26)27-2/h3-11H,1-2H3. The molecule has 7 nitrogen and oxygen atoms in total. The van der Waals surface area contributed by atoms with E-state index < -0.39 is 11.8 Å². The number of hydrogen-bond acceptors (Lipinski definition) is 6. The van der Waals surface area contributed by atoms with Gasteiger partial charge in [-0.05, 0) is 48.9 Å². The molecule has 0 unspecified atom stereocenters. The highest BCUT2D eigenvalue weighted by Gasteiger charge is 2.13. The second-order valence-corrected chi connectivity index (χ2v) is 6.00. The van der Waals surface area contributed by atoms with Crippen LogP contribution < -0.4 is 4.74 Å². The molecule has 0 bridgehead atoms. The van der Waals surface area contributed by atoms with E-state index >= 15 is 0 Å². The Labute approximate surface area is 159 Å². The van der Waals surface area contributed by atoms with Crippen molar-refractivity contribution in [1.29, 1.82) is 0 Å². The Kier molecular flexibility index (Phi) is 4.44. The van der Waals surface area contributed by atoms with E-state index in [-0.39, 0.29) is 0 Å². The highest BCUT2D eigenvalue weighted by molar-refractivity contribution is 5.91. The van der Waals surface area contributed by atoms with Gasteiger partial charge in [0.05, 0.1) is 12.7 Å². The highest BCUT2D eigenvalue weighted by Crippen LogP contribution is 2.34. The fourth-order valence-corrected chi connectivity index (χ4v) is 2.79. The van der Waals surface area contributed by atoms with Crippen LogP contribution in [-0.4, -0.2) is 32.9 Å². The Morgan fingerprint density at radius 3 is 2.75 bits per heavy atom. The van der Waals surface area contributed by atoms with E-state index in [1.54, 1.807) is 47.8 Å². The highest BCUT2D eigenvalue weighted by atomic mass is 19.1. The zero-order valence-electron chi connectivity index (χ0n) is 15.1. The lowest BCUT2D eigenvalue weighted by Gasteiger charge is -2.12. The number of methoxy groups -OCH3 is 1. The maximum Gasteiger partial charge on any atom is 0.337 e. The number of benzene rings is 2. The van der Waals surface area contributed by atoms with Crippen LogP contribution in [0.3, 0.4) is 0 Å². The van der Waals surface area contributed by atoms with Crippen molar-refractivity contribution in [3.8, 4) is 22.8 Å². The van der Waals surface area contributed by atoms with Gasteiger partial charge in [0.2, 0.25) is 5.88 Å². The van der Waals surface area contributed by atoms with Gasteiger partial charge in [0.1, 0.15) is 11.6 Å². The Morgan fingerprint density at radius 2 is 1.93 bits per heavy atom. The third-order valence-electron chi connectivity index (χ3n) is 4.15. The third kappa shape index (κ3) is 3.27. The predicted octanol–water partition coefficient (Wildman–Crippen LogP) is 3.82.